The van der Waals surface area contributed by atoms with Crippen molar-refractivity contribution in [3.63, 3.8) is 0 Å². The Bertz CT molecular complexity index is 265. The van der Waals surface area contributed by atoms with Gasteiger partial charge in [-0.05, 0) is 23.7 Å². The van der Waals surface area contributed by atoms with Crippen LogP contribution < -0.4 is 5.73 Å². The molecule has 15 heavy (non-hydrogen) atoms. The molecule has 0 aliphatic heterocycles. The topological polar surface area (TPSA) is 52.3 Å². The molecule has 1 unspecified atom stereocenters. The summed E-state index contributed by atoms with van der Waals surface area (Å²) in [5.74, 6) is -0.383. The number of amides is 1. The second-order valence-electron chi connectivity index (χ2n) is 6.55. The minimum atomic E-state index is -0.383. The van der Waals surface area contributed by atoms with Gasteiger partial charge in [-0.3, -0.25) is 4.79 Å². The van der Waals surface area contributed by atoms with Crippen molar-refractivity contribution in [3.8, 4) is 0 Å². The maximum atomic E-state index is 10.7. The lowest BCUT2D eigenvalue weighted by atomic mass is 9.85. The minimum Gasteiger partial charge on any atom is -0.368 e. The predicted octanol–water partition coefficient (Wildman–Crippen LogP) is 2.09. The number of nitrogens with two attached hydrogens (primary N) is 1. The van der Waals surface area contributed by atoms with E-state index in [0.29, 0.717) is 0 Å². The van der Waals surface area contributed by atoms with Gasteiger partial charge in [0.25, 0.3) is 0 Å². The van der Waals surface area contributed by atoms with E-state index in [2.05, 4.69) is 34.6 Å². The van der Waals surface area contributed by atoms with Crippen molar-refractivity contribution in [2.75, 3.05) is 6.61 Å². The Balaban J connectivity index is 2.63. The third-order valence-electron chi connectivity index (χ3n) is 3.14. The van der Waals surface area contributed by atoms with Gasteiger partial charge in [0.05, 0.1) is 5.60 Å². The number of ether oxygens (including phenoxy) is 1. The third kappa shape index (κ3) is 2.94. The molecule has 1 saturated carbocycles. The lowest BCUT2D eigenvalue weighted by molar-refractivity contribution is -0.127. The summed E-state index contributed by atoms with van der Waals surface area (Å²) in [7, 11) is 0. The highest BCUT2D eigenvalue weighted by Gasteiger charge is 2.63. The molecule has 1 fully saturated rings. The van der Waals surface area contributed by atoms with Crippen molar-refractivity contribution < 1.29 is 9.53 Å². The first-order valence-corrected chi connectivity index (χ1v) is 5.50. The van der Waals surface area contributed by atoms with Crippen LogP contribution in [0, 0.1) is 10.8 Å². The van der Waals surface area contributed by atoms with E-state index in [0.717, 1.165) is 12.8 Å². The largest absolute Gasteiger partial charge is 0.368 e. The standard InChI is InChI=1S/C12H23NO2/c1-10(2,3)7-12(8-11(12,4)5)15-6-9(13)14/h6-8H2,1-5H3,(H2,13,14). The lowest BCUT2D eigenvalue weighted by Gasteiger charge is -2.28. The van der Waals surface area contributed by atoms with Gasteiger partial charge < -0.3 is 10.5 Å². The van der Waals surface area contributed by atoms with Crippen LogP contribution in [0.25, 0.3) is 0 Å². The van der Waals surface area contributed by atoms with Crippen LogP contribution in [0.1, 0.15) is 47.5 Å². The van der Waals surface area contributed by atoms with Gasteiger partial charge in [-0.2, -0.15) is 0 Å². The molecule has 2 N–H and O–H groups in total. The first kappa shape index (κ1) is 12.5. The molecular formula is C12H23NO2. The zero-order valence-electron chi connectivity index (χ0n) is 10.5. The van der Waals surface area contributed by atoms with Crippen molar-refractivity contribution in [2.24, 2.45) is 16.6 Å². The maximum absolute atomic E-state index is 10.7. The van der Waals surface area contributed by atoms with E-state index in [9.17, 15) is 4.79 Å². The fourth-order valence-electron chi connectivity index (χ4n) is 2.33. The Morgan fingerprint density at radius 2 is 1.87 bits per heavy atom. The molecule has 1 aliphatic rings. The highest BCUT2D eigenvalue weighted by atomic mass is 16.5. The average molecular weight is 213 g/mol. The molecule has 1 amide bonds. The Kier molecular flexibility index (Phi) is 2.90. The number of rotatable bonds is 4. The molecule has 1 aliphatic carbocycles. The highest BCUT2D eigenvalue weighted by Crippen LogP contribution is 2.62. The van der Waals surface area contributed by atoms with Crippen LogP contribution in [0.2, 0.25) is 0 Å². The van der Waals surface area contributed by atoms with Gasteiger partial charge in [-0.1, -0.05) is 34.6 Å². The molecule has 0 spiro atoms. The van der Waals surface area contributed by atoms with Crippen LogP contribution in [0.4, 0.5) is 0 Å². The molecule has 1 atom stereocenters. The van der Waals surface area contributed by atoms with E-state index in [1.165, 1.54) is 0 Å². The SMILES string of the molecule is CC(C)(C)CC1(OCC(N)=O)CC1(C)C. The number of primary amides is 1. The summed E-state index contributed by atoms with van der Waals surface area (Å²) in [6.07, 6.45) is 1.99. The van der Waals surface area contributed by atoms with Crippen LogP contribution >= 0.6 is 0 Å². The number of carbonyl (C=O) groups excluding carboxylic acids is 1. The van der Waals surface area contributed by atoms with E-state index in [4.69, 9.17) is 10.5 Å². The number of hydrogen-bond acceptors (Lipinski definition) is 2. The Morgan fingerprint density at radius 3 is 2.13 bits per heavy atom. The zero-order valence-corrected chi connectivity index (χ0v) is 10.5. The van der Waals surface area contributed by atoms with E-state index in [1.807, 2.05) is 0 Å². The molecule has 1 rings (SSSR count). The Labute approximate surface area is 92.4 Å². The number of carbonyl (C=O) groups is 1. The van der Waals surface area contributed by atoms with Gasteiger partial charge in [0.15, 0.2) is 0 Å². The van der Waals surface area contributed by atoms with Gasteiger partial charge in [0, 0.05) is 0 Å². The zero-order chi connectivity index (χ0) is 11.9. The molecule has 0 aromatic heterocycles. The highest BCUT2D eigenvalue weighted by molar-refractivity contribution is 5.75. The summed E-state index contributed by atoms with van der Waals surface area (Å²) < 4.78 is 5.72. The molecule has 88 valence electrons. The molecule has 0 aromatic rings. The van der Waals surface area contributed by atoms with E-state index < -0.39 is 0 Å². The van der Waals surface area contributed by atoms with E-state index in [-0.39, 0.29) is 28.9 Å². The molecule has 0 aromatic carbocycles. The van der Waals surface area contributed by atoms with Crippen molar-refractivity contribution in [1.82, 2.24) is 0 Å². The second-order valence-corrected chi connectivity index (χ2v) is 6.55. The van der Waals surface area contributed by atoms with Gasteiger partial charge in [-0.15, -0.1) is 0 Å². The van der Waals surface area contributed by atoms with E-state index in [1.54, 1.807) is 0 Å². The summed E-state index contributed by atoms with van der Waals surface area (Å²) in [6.45, 7) is 11.0. The summed E-state index contributed by atoms with van der Waals surface area (Å²) in [5.41, 5.74) is 5.37. The molecule has 3 heteroatoms. The van der Waals surface area contributed by atoms with Crippen LogP contribution in [-0.2, 0) is 9.53 Å². The van der Waals surface area contributed by atoms with E-state index >= 15 is 0 Å². The molecular weight excluding hydrogens is 190 g/mol. The second kappa shape index (κ2) is 3.48. The monoisotopic (exact) mass is 213 g/mol. The smallest absolute Gasteiger partial charge is 0.243 e. The Morgan fingerprint density at radius 1 is 1.40 bits per heavy atom. The molecule has 0 radical (unpaired) electrons. The molecule has 0 saturated heterocycles. The first-order chi connectivity index (χ1) is 6.58. The summed E-state index contributed by atoms with van der Waals surface area (Å²) in [5, 5.41) is 0. The molecule has 0 bridgehead atoms. The lowest BCUT2D eigenvalue weighted by Crippen LogP contribution is -2.31. The predicted molar refractivity (Wildman–Crippen MR) is 60.3 cm³/mol. The minimum absolute atomic E-state index is 0.0412. The molecule has 3 nitrogen and oxygen atoms in total. The maximum Gasteiger partial charge on any atom is 0.243 e. The third-order valence-corrected chi connectivity index (χ3v) is 3.14. The van der Waals surface area contributed by atoms with Gasteiger partial charge in [0.2, 0.25) is 5.91 Å². The quantitative estimate of drug-likeness (QED) is 0.777. The summed E-state index contributed by atoms with van der Waals surface area (Å²) in [4.78, 5) is 10.7. The summed E-state index contributed by atoms with van der Waals surface area (Å²) in [6, 6.07) is 0. The van der Waals surface area contributed by atoms with Crippen LogP contribution in [0.5, 0.6) is 0 Å². The summed E-state index contributed by atoms with van der Waals surface area (Å²) >= 11 is 0. The van der Waals surface area contributed by atoms with Gasteiger partial charge in [0.1, 0.15) is 6.61 Å². The van der Waals surface area contributed by atoms with Crippen LogP contribution in [0.3, 0.4) is 0 Å². The van der Waals surface area contributed by atoms with Crippen LogP contribution in [-0.4, -0.2) is 18.1 Å². The van der Waals surface area contributed by atoms with Gasteiger partial charge >= 0.3 is 0 Å². The molecule has 0 heterocycles. The van der Waals surface area contributed by atoms with Crippen molar-refractivity contribution >= 4 is 5.91 Å². The van der Waals surface area contributed by atoms with Gasteiger partial charge in [-0.25, -0.2) is 0 Å². The fraction of sp³-hybridized carbons (Fsp3) is 0.917. The van der Waals surface area contributed by atoms with Crippen LogP contribution in [0.15, 0.2) is 0 Å². The van der Waals surface area contributed by atoms with Crippen molar-refractivity contribution in [2.45, 2.75) is 53.1 Å². The van der Waals surface area contributed by atoms with Crippen molar-refractivity contribution in [3.05, 3.63) is 0 Å². The first-order valence-electron chi connectivity index (χ1n) is 5.50. The fourth-order valence-corrected chi connectivity index (χ4v) is 2.33. The normalized spacial score (nSPS) is 28.9. The average Bonchev–Trinajstić information content (AvgIpc) is 2.46. The Hall–Kier alpha value is -0.570. The van der Waals surface area contributed by atoms with Crippen molar-refractivity contribution in [1.29, 1.82) is 0 Å². The number of hydrogen-bond donors (Lipinski definition) is 1.